The van der Waals surface area contributed by atoms with Crippen molar-refractivity contribution < 1.29 is 19.0 Å². The fourth-order valence-electron chi connectivity index (χ4n) is 3.75. The molecule has 0 saturated heterocycles. The highest BCUT2D eigenvalue weighted by Gasteiger charge is 2.21. The SMILES string of the molecule is COc1cc(OC)c(NC(=O)[C@H](C)Oc2cc(-c3ccccc3)c3c(C)nn(C)c3n2)cc1Cl. The number of ether oxygens (including phenoxy) is 3. The van der Waals surface area contributed by atoms with Crippen molar-refractivity contribution in [2.24, 2.45) is 7.05 Å². The lowest BCUT2D eigenvalue weighted by Gasteiger charge is -2.17. The molecule has 0 saturated carbocycles. The van der Waals surface area contributed by atoms with Crippen LogP contribution >= 0.6 is 11.6 Å². The summed E-state index contributed by atoms with van der Waals surface area (Å²) in [5, 5.41) is 8.60. The van der Waals surface area contributed by atoms with Gasteiger partial charge in [0.05, 0.1) is 36.0 Å². The van der Waals surface area contributed by atoms with Crippen molar-refractivity contribution in [3.63, 3.8) is 0 Å². The van der Waals surface area contributed by atoms with Crippen molar-refractivity contribution in [3.8, 4) is 28.5 Å². The third-order valence-corrected chi connectivity index (χ3v) is 5.72. The number of carbonyl (C=O) groups excluding carboxylic acids is 1. The molecule has 1 amide bonds. The molecule has 0 fully saturated rings. The zero-order chi connectivity index (χ0) is 24.4. The third-order valence-electron chi connectivity index (χ3n) is 5.43. The number of hydrogen-bond donors (Lipinski definition) is 1. The van der Waals surface area contributed by atoms with Crippen LogP contribution in [0.4, 0.5) is 5.69 Å². The predicted molar refractivity (Wildman–Crippen MR) is 132 cm³/mol. The van der Waals surface area contributed by atoms with Crippen LogP contribution in [0.15, 0.2) is 48.5 Å². The highest BCUT2D eigenvalue weighted by atomic mass is 35.5. The summed E-state index contributed by atoms with van der Waals surface area (Å²) in [6.45, 7) is 3.59. The van der Waals surface area contributed by atoms with Crippen molar-refractivity contribution in [1.82, 2.24) is 14.8 Å². The lowest BCUT2D eigenvalue weighted by Crippen LogP contribution is -2.30. The number of fused-ring (bicyclic) bond motifs is 1. The molecule has 0 bridgehead atoms. The monoisotopic (exact) mass is 480 g/mol. The number of nitrogens with zero attached hydrogens (tertiary/aromatic N) is 3. The summed E-state index contributed by atoms with van der Waals surface area (Å²) in [6, 6.07) is 14.9. The second kappa shape index (κ2) is 9.61. The van der Waals surface area contributed by atoms with Crippen LogP contribution in [-0.4, -0.2) is 41.0 Å². The number of carbonyl (C=O) groups is 1. The van der Waals surface area contributed by atoms with E-state index in [-0.39, 0.29) is 5.91 Å². The van der Waals surface area contributed by atoms with E-state index >= 15 is 0 Å². The summed E-state index contributed by atoms with van der Waals surface area (Å²) >= 11 is 6.22. The highest BCUT2D eigenvalue weighted by Crippen LogP contribution is 2.36. The van der Waals surface area contributed by atoms with Gasteiger partial charge in [-0.3, -0.25) is 9.48 Å². The summed E-state index contributed by atoms with van der Waals surface area (Å²) in [5.74, 6) is 0.789. The number of anilines is 1. The first kappa shape index (κ1) is 23.4. The molecule has 0 aliphatic heterocycles. The van der Waals surface area contributed by atoms with Gasteiger partial charge >= 0.3 is 0 Å². The first-order chi connectivity index (χ1) is 16.3. The number of aromatic nitrogens is 3. The Kier molecular flexibility index (Phi) is 6.61. The van der Waals surface area contributed by atoms with Gasteiger partial charge in [0.2, 0.25) is 5.88 Å². The maximum absolute atomic E-state index is 12.9. The summed E-state index contributed by atoms with van der Waals surface area (Å²) in [5.41, 5.74) is 3.88. The van der Waals surface area contributed by atoms with Crippen LogP contribution in [0.3, 0.4) is 0 Å². The fraction of sp³-hybridized carbons (Fsp3) is 0.240. The van der Waals surface area contributed by atoms with Crippen LogP contribution in [0.5, 0.6) is 17.4 Å². The normalized spacial score (nSPS) is 11.8. The maximum atomic E-state index is 12.9. The first-order valence-electron chi connectivity index (χ1n) is 10.6. The van der Waals surface area contributed by atoms with Gasteiger partial charge in [0.25, 0.3) is 5.91 Å². The number of pyridine rings is 1. The maximum Gasteiger partial charge on any atom is 0.265 e. The van der Waals surface area contributed by atoms with Crippen molar-refractivity contribution in [2.45, 2.75) is 20.0 Å². The minimum absolute atomic E-state index is 0.316. The molecule has 1 N–H and O–H groups in total. The number of benzene rings is 2. The number of amides is 1. The smallest absolute Gasteiger partial charge is 0.265 e. The predicted octanol–water partition coefficient (Wildman–Crippen LogP) is 5.02. The Labute approximate surface area is 202 Å². The highest BCUT2D eigenvalue weighted by molar-refractivity contribution is 6.32. The fourth-order valence-corrected chi connectivity index (χ4v) is 4.00. The number of aryl methyl sites for hydroxylation is 2. The standard InChI is InChI=1S/C25H25ClN4O4/c1-14-23-17(16-9-7-6-8-10-16)11-22(28-24(23)30(3)29-14)34-15(2)25(31)27-19-12-18(26)20(32-4)13-21(19)33-5/h6-13,15H,1-5H3,(H,27,31)/t15-/m0/s1. The van der Waals surface area contributed by atoms with Gasteiger partial charge in [-0.1, -0.05) is 41.9 Å². The van der Waals surface area contributed by atoms with E-state index in [1.165, 1.54) is 14.2 Å². The van der Waals surface area contributed by atoms with Gasteiger partial charge in [0.1, 0.15) is 11.5 Å². The third kappa shape index (κ3) is 4.49. The quantitative estimate of drug-likeness (QED) is 0.399. The van der Waals surface area contributed by atoms with Crippen LogP contribution < -0.4 is 19.5 Å². The van der Waals surface area contributed by atoms with Crippen molar-refractivity contribution >= 4 is 34.2 Å². The lowest BCUT2D eigenvalue weighted by atomic mass is 10.0. The molecule has 0 aliphatic carbocycles. The van der Waals surface area contributed by atoms with Gasteiger partial charge in [-0.05, 0) is 31.0 Å². The Morgan fingerprint density at radius 3 is 2.47 bits per heavy atom. The average Bonchev–Trinajstić information content (AvgIpc) is 3.12. The zero-order valence-corrected chi connectivity index (χ0v) is 20.3. The van der Waals surface area contributed by atoms with Crippen LogP contribution in [0, 0.1) is 6.92 Å². The first-order valence-corrected chi connectivity index (χ1v) is 11.0. The molecule has 0 spiro atoms. The Balaban J connectivity index is 1.63. The lowest BCUT2D eigenvalue weighted by molar-refractivity contribution is -0.122. The molecule has 4 aromatic rings. The minimum atomic E-state index is -0.853. The molecule has 4 rings (SSSR count). The molecule has 1 atom stereocenters. The Morgan fingerprint density at radius 1 is 1.09 bits per heavy atom. The minimum Gasteiger partial charge on any atom is -0.495 e. The van der Waals surface area contributed by atoms with E-state index in [9.17, 15) is 4.79 Å². The second-order valence-corrected chi connectivity index (χ2v) is 8.13. The molecule has 2 aromatic heterocycles. The van der Waals surface area contributed by atoms with Crippen molar-refractivity contribution in [2.75, 3.05) is 19.5 Å². The molecule has 2 heterocycles. The molecule has 9 heteroatoms. The van der Waals surface area contributed by atoms with Gasteiger partial charge in [-0.2, -0.15) is 10.1 Å². The number of methoxy groups -OCH3 is 2. The molecule has 0 unspecified atom stereocenters. The summed E-state index contributed by atoms with van der Waals surface area (Å²) in [4.78, 5) is 17.5. The number of rotatable bonds is 7. The molecule has 34 heavy (non-hydrogen) atoms. The molecule has 176 valence electrons. The van der Waals surface area contributed by atoms with Crippen molar-refractivity contribution in [1.29, 1.82) is 0 Å². The van der Waals surface area contributed by atoms with E-state index in [0.717, 1.165) is 22.2 Å². The second-order valence-electron chi connectivity index (χ2n) is 7.72. The van der Waals surface area contributed by atoms with Gasteiger partial charge in [0.15, 0.2) is 11.8 Å². The Morgan fingerprint density at radius 2 is 1.79 bits per heavy atom. The van der Waals surface area contributed by atoms with Crippen LogP contribution in [0.1, 0.15) is 12.6 Å². The number of halogens is 1. The van der Waals surface area contributed by atoms with E-state index in [0.29, 0.717) is 33.7 Å². The van der Waals surface area contributed by atoms with E-state index in [1.807, 2.05) is 50.4 Å². The largest absolute Gasteiger partial charge is 0.495 e. The summed E-state index contributed by atoms with van der Waals surface area (Å²) in [7, 11) is 4.83. The number of hydrogen-bond acceptors (Lipinski definition) is 6. The molecule has 8 nitrogen and oxygen atoms in total. The summed E-state index contributed by atoms with van der Waals surface area (Å²) in [6.07, 6.45) is -0.853. The van der Waals surface area contributed by atoms with E-state index < -0.39 is 6.10 Å². The molecule has 0 aliphatic rings. The van der Waals surface area contributed by atoms with Gasteiger partial charge in [-0.25, -0.2) is 0 Å². The van der Waals surface area contributed by atoms with Crippen LogP contribution in [-0.2, 0) is 11.8 Å². The zero-order valence-electron chi connectivity index (χ0n) is 19.5. The average molecular weight is 481 g/mol. The van der Waals surface area contributed by atoms with E-state index in [2.05, 4.69) is 15.4 Å². The molecule has 2 aromatic carbocycles. The van der Waals surface area contributed by atoms with Crippen molar-refractivity contribution in [3.05, 3.63) is 59.2 Å². The van der Waals surface area contributed by atoms with Crippen LogP contribution in [0.2, 0.25) is 5.02 Å². The van der Waals surface area contributed by atoms with Gasteiger partial charge < -0.3 is 19.5 Å². The summed E-state index contributed by atoms with van der Waals surface area (Å²) < 4.78 is 18.2. The number of nitrogens with one attached hydrogen (secondary N) is 1. The topological polar surface area (TPSA) is 87.5 Å². The van der Waals surface area contributed by atoms with Crippen LogP contribution in [0.25, 0.3) is 22.2 Å². The van der Waals surface area contributed by atoms with Gasteiger partial charge in [0, 0.05) is 19.2 Å². The van der Waals surface area contributed by atoms with E-state index in [4.69, 9.17) is 25.8 Å². The van der Waals surface area contributed by atoms with E-state index in [1.54, 1.807) is 23.7 Å². The van der Waals surface area contributed by atoms with Gasteiger partial charge in [-0.15, -0.1) is 0 Å². The molecular formula is C25H25ClN4O4. The Bertz CT molecular complexity index is 1350. The Hall–Kier alpha value is -3.78. The molecular weight excluding hydrogens is 456 g/mol. The molecule has 0 radical (unpaired) electrons.